The van der Waals surface area contributed by atoms with E-state index in [1.807, 2.05) is 27.9 Å². The van der Waals surface area contributed by atoms with Crippen LogP contribution in [0.2, 0.25) is 0 Å². The Morgan fingerprint density at radius 3 is 2.38 bits per heavy atom. The van der Waals surface area contributed by atoms with Gasteiger partial charge in [-0.15, -0.1) is 0 Å². The van der Waals surface area contributed by atoms with Crippen LogP contribution in [0.5, 0.6) is 0 Å². The van der Waals surface area contributed by atoms with E-state index in [1.54, 1.807) is 0 Å². The molecule has 1 aliphatic rings. The second kappa shape index (κ2) is 11.3. The highest BCUT2D eigenvalue weighted by atomic mass is 35.5. The summed E-state index contributed by atoms with van der Waals surface area (Å²) in [5, 5.41) is 9.18. The van der Waals surface area contributed by atoms with Crippen LogP contribution >= 0.6 is 0 Å². The van der Waals surface area contributed by atoms with E-state index in [4.69, 9.17) is 0 Å². The molecule has 1 rings (SSSR count). The minimum Gasteiger partial charge on any atom is -1.00 e. The van der Waals surface area contributed by atoms with E-state index in [1.165, 1.54) is 6.08 Å². The van der Waals surface area contributed by atoms with Crippen molar-refractivity contribution in [3.05, 3.63) is 24.8 Å². The summed E-state index contributed by atoms with van der Waals surface area (Å²) >= 11 is 0. The largest absolute Gasteiger partial charge is 1.00 e. The Morgan fingerprint density at radius 1 is 1.31 bits per heavy atom. The fourth-order valence-corrected chi connectivity index (χ4v) is 2.96. The smallest absolute Gasteiger partial charge is 0.252 e. The number of nitrogens with one attached hydrogen (secondary N) is 3. The molecule has 0 spiro atoms. The molecule has 26 heavy (non-hydrogen) atoms. The summed E-state index contributed by atoms with van der Waals surface area (Å²) in [5.74, 6) is -0.344. The minimum absolute atomic E-state index is 0. The molecule has 3 N–H and O–H groups in total. The zero-order valence-electron chi connectivity index (χ0n) is 16.5. The first-order chi connectivity index (χ1) is 11.7. The van der Waals surface area contributed by atoms with Gasteiger partial charge in [-0.05, 0) is 13.0 Å². The highest BCUT2D eigenvalue weighted by Crippen LogP contribution is 2.12. The molecule has 0 aromatic rings. The number of piperazine rings is 1. The number of carbonyl (C=O) groups excluding carboxylic acids is 2. The topological polar surface area (TPSA) is 73.5 Å². The van der Waals surface area contributed by atoms with Gasteiger partial charge in [0.1, 0.15) is 0 Å². The second-order valence-corrected chi connectivity index (χ2v) is 7.07. The Bertz CT molecular complexity index is 504. The summed E-state index contributed by atoms with van der Waals surface area (Å²) < 4.78 is 0.442. The Hall–Kier alpha value is -1.41. The number of nitrogens with zero attached hydrogens (tertiary/aromatic N) is 2. The summed E-state index contributed by atoms with van der Waals surface area (Å²) in [6.45, 7) is 15.6. The lowest BCUT2D eigenvalue weighted by Gasteiger charge is -2.38. The molecule has 0 aliphatic carbocycles. The van der Waals surface area contributed by atoms with Crippen LogP contribution in [-0.4, -0.2) is 80.3 Å². The molecule has 0 bridgehead atoms. The first-order valence-corrected chi connectivity index (χ1v) is 8.90. The van der Waals surface area contributed by atoms with Crippen molar-refractivity contribution in [3.8, 4) is 0 Å². The number of amides is 2. The molecular weight excluding hydrogens is 354 g/mol. The van der Waals surface area contributed by atoms with Crippen molar-refractivity contribution < 1.29 is 26.5 Å². The van der Waals surface area contributed by atoms with Gasteiger partial charge in [0.25, 0.3) is 5.91 Å². The molecule has 2 atom stereocenters. The zero-order valence-corrected chi connectivity index (χ0v) is 17.2. The van der Waals surface area contributed by atoms with Gasteiger partial charge in [0.15, 0.2) is 12.8 Å². The van der Waals surface area contributed by atoms with Crippen LogP contribution < -0.4 is 28.4 Å². The normalized spacial score (nSPS) is 17.4. The van der Waals surface area contributed by atoms with Crippen LogP contribution in [0.15, 0.2) is 24.8 Å². The average Bonchev–Trinajstić information content (AvgIpc) is 2.63. The van der Waals surface area contributed by atoms with E-state index in [0.29, 0.717) is 16.7 Å². The van der Waals surface area contributed by atoms with Crippen molar-refractivity contribution >= 4 is 11.8 Å². The predicted molar refractivity (Wildman–Crippen MR) is 101 cm³/mol. The lowest BCUT2D eigenvalue weighted by Crippen LogP contribution is -3.00. The SMILES string of the molecule is C=CC(=O)NC[N+](C)(C)C(CC)NC(=O)C(=C)C(C)N1CCNCC1.[Cl-]. The maximum Gasteiger partial charge on any atom is 0.252 e. The number of hydrogen-bond acceptors (Lipinski definition) is 4. The monoisotopic (exact) mass is 387 g/mol. The Morgan fingerprint density at radius 2 is 1.88 bits per heavy atom. The third-order valence-electron chi connectivity index (χ3n) is 4.87. The van der Waals surface area contributed by atoms with Gasteiger partial charge in [-0.1, -0.05) is 20.1 Å². The lowest BCUT2D eigenvalue weighted by atomic mass is 10.1. The zero-order chi connectivity index (χ0) is 19.0. The summed E-state index contributed by atoms with van der Waals surface area (Å²) in [5.41, 5.74) is 0.579. The van der Waals surface area contributed by atoms with Gasteiger partial charge in [0.05, 0.1) is 14.1 Å². The fraction of sp³-hybridized carbons (Fsp3) is 0.667. The van der Waals surface area contributed by atoms with Crippen molar-refractivity contribution in [2.75, 3.05) is 46.9 Å². The number of hydrogen-bond donors (Lipinski definition) is 3. The molecule has 2 amide bonds. The van der Waals surface area contributed by atoms with E-state index in [9.17, 15) is 9.59 Å². The number of rotatable bonds is 9. The van der Waals surface area contributed by atoms with Gasteiger partial charge in [-0.3, -0.25) is 19.0 Å². The van der Waals surface area contributed by atoms with Crippen LogP contribution in [0.25, 0.3) is 0 Å². The Balaban J connectivity index is 0.00000625. The van der Waals surface area contributed by atoms with E-state index < -0.39 is 0 Å². The van der Waals surface area contributed by atoms with Crippen LogP contribution in [0.1, 0.15) is 20.3 Å². The fourth-order valence-electron chi connectivity index (χ4n) is 2.96. The van der Waals surface area contributed by atoms with E-state index >= 15 is 0 Å². The quantitative estimate of drug-likeness (QED) is 0.224. The molecule has 1 fully saturated rings. The van der Waals surface area contributed by atoms with Gasteiger partial charge in [-0.25, -0.2) is 0 Å². The molecule has 0 aromatic heterocycles. The Kier molecular flexibility index (Phi) is 10.7. The second-order valence-electron chi connectivity index (χ2n) is 7.07. The van der Waals surface area contributed by atoms with Gasteiger partial charge < -0.3 is 28.4 Å². The Labute approximate surface area is 163 Å². The third kappa shape index (κ3) is 7.07. The highest BCUT2D eigenvalue weighted by Gasteiger charge is 2.31. The van der Waals surface area contributed by atoms with Crippen molar-refractivity contribution in [2.24, 2.45) is 0 Å². The van der Waals surface area contributed by atoms with Crippen molar-refractivity contribution in [1.82, 2.24) is 20.9 Å². The molecular formula is C18H34ClN5O2. The molecule has 150 valence electrons. The van der Waals surface area contributed by atoms with Gasteiger partial charge >= 0.3 is 0 Å². The van der Waals surface area contributed by atoms with Crippen LogP contribution in [-0.2, 0) is 9.59 Å². The standard InChI is InChI=1S/C18H33N5O2.ClH/c1-7-16(23(5,6)13-20-17(24)8-2)21-18(25)14(3)15(4)22-11-9-19-10-12-22;/h8,15-16,19H,2-3,7,9-13H2,1,4-6H3,(H-,20,21,24,25);1H. The molecule has 8 heteroatoms. The average molecular weight is 388 g/mol. The molecule has 2 unspecified atom stereocenters. The maximum absolute atomic E-state index is 12.7. The first kappa shape index (κ1) is 24.6. The van der Waals surface area contributed by atoms with Gasteiger partial charge in [0.2, 0.25) is 5.91 Å². The minimum atomic E-state index is -0.218. The van der Waals surface area contributed by atoms with Crippen LogP contribution in [0, 0.1) is 0 Å². The molecule has 0 saturated carbocycles. The molecule has 7 nitrogen and oxygen atoms in total. The van der Waals surface area contributed by atoms with E-state index in [0.717, 1.165) is 32.6 Å². The molecule has 0 radical (unpaired) electrons. The van der Waals surface area contributed by atoms with E-state index in [-0.39, 0.29) is 36.4 Å². The van der Waals surface area contributed by atoms with Crippen LogP contribution in [0.4, 0.5) is 0 Å². The molecule has 1 saturated heterocycles. The van der Waals surface area contributed by atoms with Crippen molar-refractivity contribution in [3.63, 3.8) is 0 Å². The number of carbonyl (C=O) groups is 2. The molecule has 1 heterocycles. The summed E-state index contributed by atoms with van der Waals surface area (Å²) in [6.07, 6.45) is 1.87. The summed E-state index contributed by atoms with van der Waals surface area (Å²) in [4.78, 5) is 26.4. The van der Waals surface area contributed by atoms with Crippen LogP contribution in [0.3, 0.4) is 0 Å². The van der Waals surface area contributed by atoms with Crippen molar-refractivity contribution in [1.29, 1.82) is 0 Å². The third-order valence-corrected chi connectivity index (χ3v) is 4.87. The first-order valence-electron chi connectivity index (χ1n) is 8.90. The van der Waals surface area contributed by atoms with Gasteiger partial charge in [-0.2, -0.15) is 0 Å². The predicted octanol–water partition coefficient (Wildman–Crippen LogP) is -2.97. The van der Waals surface area contributed by atoms with E-state index in [2.05, 4.69) is 34.0 Å². The summed E-state index contributed by atoms with van der Waals surface area (Å²) in [7, 11) is 3.95. The number of halogens is 1. The number of quaternary nitrogens is 1. The van der Waals surface area contributed by atoms with Crippen molar-refractivity contribution in [2.45, 2.75) is 32.5 Å². The van der Waals surface area contributed by atoms with Gasteiger partial charge in [0, 0.05) is 44.2 Å². The maximum atomic E-state index is 12.7. The molecule has 0 aromatic carbocycles. The highest BCUT2D eigenvalue weighted by molar-refractivity contribution is 5.94. The summed E-state index contributed by atoms with van der Waals surface area (Å²) in [6, 6.07) is 0.00990. The lowest BCUT2D eigenvalue weighted by molar-refractivity contribution is -0.919. The molecule has 1 aliphatic heterocycles.